The Hall–Kier alpha value is -2.29. The maximum absolute atomic E-state index is 12.2. The zero-order chi connectivity index (χ0) is 16.1. The molecule has 0 unspecified atom stereocenters. The van der Waals surface area contributed by atoms with E-state index >= 15 is 0 Å². The second kappa shape index (κ2) is 7.12. The number of hydrogen-bond donors (Lipinski definition) is 2. The van der Waals surface area contributed by atoms with E-state index in [9.17, 15) is 4.79 Å². The van der Waals surface area contributed by atoms with Crippen molar-refractivity contribution in [3.8, 4) is 0 Å². The number of amides is 1. The molecule has 0 aliphatic heterocycles. The van der Waals surface area contributed by atoms with Crippen LogP contribution in [0.1, 0.15) is 30.5 Å². The van der Waals surface area contributed by atoms with Gasteiger partial charge in [0, 0.05) is 11.4 Å². The summed E-state index contributed by atoms with van der Waals surface area (Å²) in [6.45, 7) is 8.13. The molecule has 0 saturated carbocycles. The van der Waals surface area contributed by atoms with Crippen LogP contribution in [-0.2, 0) is 11.2 Å². The van der Waals surface area contributed by atoms with E-state index in [1.165, 1.54) is 16.7 Å². The van der Waals surface area contributed by atoms with Gasteiger partial charge in [-0.3, -0.25) is 4.79 Å². The number of carbonyl (C=O) groups is 1. The summed E-state index contributed by atoms with van der Waals surface area (Å²) in [7, 11) is 0. The minimum Gasteiger partial charge on any atom is -0.374 e. The normalized spacial score (nSPS) is 11.8. The van der Waals surface area contributed by atoms with Gasteiger partial charge in [0.25, 0.3) is 0 Å². The monoisotopic (exact) mass is 296 g/mol. The Labute approximate surface area is 132 Å². The van der Waals surface area contributed by atoms with Gasteiger partial charge in [-0.25, -0.2) is 0 Å². The molecule has 2 N–H and O–H groups in total. The predicted molar refractivity (Wildman–Crippen MR) is 93.5 cm³/mol. The summed E-state index contributed by atoms with van der Waals surface area (Å²) in [5.74, 6) is -0.0394. The molecule has 0 fully saturated rings. The summed E-state index contributed by atoms with van der Waals surface area (Å²) in [4.78, 5) is 12.2. The van der Waals surface area contributed by atoms with Crippen molar-refractivity contribution in [3.05, 3.63) is 59.2 Å². The molecular weight excluding hydrogens is 272 g/mol. The zero-order valence-corrected chi connectivity index (χ0v) is 13.7. The molecule has 0 heterocycles. The van der Waals surface area contributed by atoms with E-state index in [1.807, 2.05) is 37.3 Å². The molecule has 22 heavy (non-hydrogen) atoms. The maximum Gasteiger partial charge on any atom is 0.246 e. The second-order valence-electron chi connectivity index (χ2n) is 5.70. The summed E-state index contributed by atoms with van der Waals surface area (Å²) in [5.41, 5.74) is 5.52. The van der Waals surface area contributed by atoms with Crippen LogP contribution < -0.4 is 10.6 Å². The van der Waals surface area contributed by atoms with Crippen LogP contribution in [0.4, 0.5) is 11.4 Å². The SMILES string of the molecule is CCc1ccc(NC(=O)[C@H](C)Nc2ccc(C)c(C)c2)cc1. The average Bonchev–Trinajstić information content (AvgIpc) is 2.51. The third kappa shape index (κ3) is 4.10. The van der Waals surface area contributed by atoms with Crippen LogP contribution in [0.3, 0.4) is 0 Å². The zero-order valence-electron chi connectivity index (χ0n) is 13.7. The Balaban J connectivity index is 1.97. The van der Waals surface area contributed by atoms with Gasteiger partial charge < -0.3 is 10.6 Å². The fourth-order valence-corrected chi connectivity index (χ4v) is 2.22. The second-order valence-corrected chi connectivity index (χ2v) is 5.70. The van der Waals surface area contributed by atoms with Crippen molar-refractivity contribution in [1.29, 1.82) is 0 Å². The van der Waals surface area contributed by atoms with Gasteiger partial charge in [-0.05, 0) is 68.1 Å². The third-order valence-electron chi connectivity index (χ3n) is 3.91. The Morgan fingerprint density at radius 2 is 1.64 bits per heavy atom. The molecule has 0 saturated heterocycles. The van der Waals surface area contributed by atoms with Crippen molar-refractivity contribution in [1.82, 2.24) is 0 Å². The Morgan fingerprint density at radius 3 is 2.23 bits per heavy atom. The number of carbonyl (C=O) groups excluding carboxylic acids is 1. The van der Waals surface area contributed by atoms with Gasteiger partial charge in [0.05, 0.1) is 0 Å². The molecule has 0 radical (unpaired) electrons. The first-order valence-electron chi connectivity index (χ1n) is 7.73. The van der Waals surface area contributed by atoms with Crippen LogP contribution in [0.2, 0.25) is 0 Å². The highest BCUT2D eigenvalue weighted by Crippen LogP contribution is 2.16. The first-order chi connectivity index (χ1) is 10.5. The van der Waals surface area contributed by atoms with E-state index in [0.29, 0.717) is 0 Å². The Kier molecular flexibility index (Phi) is 5.21. The highest BCUT2D eigenvalue weighted by Gasteiger charge is 2.13. The van der Waals surface area contributed by atoms with Crippen LogP contribution in [0.25, 0.3) is 0 Å². The highest BCUT2D eigenvalue weighted by molar-refractivity contribution is 5.96. The van der Waals surface area contributed by atoms with Crippen LogP contribution in [0.15, 0.2) is 42.5 Å². The molecule has 0 aliphatic carbocycles. The standard InChI is InChI=1S/C19H24N2O/c1-5-16-7-10-17(11-8-16)21-19(22)15(4)20-18-9-6-13(2)14(3)12-18/h6-12,15,20H,5H2,1-4H3,(H,21,22)/t15-/m0/s1. The lowest BCUT2D eigenvalue weighted by molar-refractivity contribution is -0.116. The molecule has 1 atom stereocenters. The van der Waals surface area contributed by atoms with Crippen molar-refractivity contribution >= 4 is 17.3 Å². The van der Waals surface area contributed by atoms with E-state index in [0.717, 1.165) is 17.8 Å². The van der Waals surface area contributed by atoms with E-state index in [-0.39, 0.29) is 11.9 Å². The van der Waals surface area contributed by atoms with E-state index < -0.39 is 0 Å². The minimum atomic E-state index is -0.298. The number of rotatable bonds is 5. The van der Waals surface area contributed by atoms with Gasteiger partial charge in [-0.15, -0.1) is 0 Å². The summed E-state index contributed by atoms with van der Waals surface area (Å²) < 4.78 is 0. The molecule has 0 bridgehead atoms. The lowest BCUT2D eigenvalue weighted by Crippen LogP contribution is -2.31. The fraction of sp³-hybridized carbons (Fsp3) is 0.316. The molecule has 2 rings (SSSR count). The van der Waals surface area contributed by atoms with Crippen molar-refractivity contribution < 1.29 is 4.79 Å². The Morgan fingerprint density at radius 1 is 1.00 bits per heavy atom. The van der Waals surface area contributed by atoms with Gasteiger partial charge in [0.15, 0.2) is 0 Å². The van der Waals surface area contributed by atoms with E-state index in [2.05, 4.69) is 43.5 Å². The minimum absolute atomic E-state index is 0.0394. The van der Waals surface area contributed by atoms with Gasteiger partial charge >= 0.3 is 0 Å². The van der Waals surface area contributed by atoms with E-state index in [1.54, 1.807) is 0 Å². The number of nitrogens with one attached hydrogen (secondary N) is 2. The largest absolute Gasteiger partial charge is 0.374 e. The average molecular weight is 296 g/mol. The summed E-state index contributed by atoms with van der Waals surface area (Å²) in [6, 6.07) is 13.8. The molecule has 3 nitrogen and oxygen atoms in total. The number of aryl methyl sites for hydroxylation is 3. The molecule has 0 aliphatic rings. The smallest absolute Gasteiger partial charge is 0.246 e. The number of benzene rings is 2. The van der Waals surface area contributed by atoms with Gasteiger partial charge in [-0.1, -0.05) is 25.1 Å². The topological polar surface area (TPSA) is 41.1 Å². The first-order valence-corrected chi connectivity index (χ1v) is 7.73. The molecule has 1 amide bonds. The first kappa shape index (κ1) is 16.1. The van der Waals surface area contributed by atoms with Crippen LogP contribution in [0, 0.1) is 13.8 Å². The molecule has 3 heteroatoms. The lowest BCUT2D eigenvalue weighted by atomic mass is 10.1. The fourth-order valence-electron chi connectivity index (χ4n) is 2.22. The van der Waals surface area contributed by atoms with Crippen molar-refractivity contribution in [2.75, 3.05) is 10.6 Å². The van der Waals surface area contributed by atoms with Crippen molar-refractivity contribution in [3.63, 3.8) is 0 Å². The van der Waals surface area contributed by atoms with Gasteiger partial charge in [-0.2, -0.15) is 0 Å². The third-order valence-corrected chi connectivity index (χ3v) is 3.91. The van der Waals surface area contributed by atoms with Gasteiger partial charge in [0.2, 0.25) is 5.91 Å². The summed E-state index contributed by atoms with van der Waals surface area (Å²) >= 11 is 0. The lowest BCUT2D eigenvalue weighted by Gasteiger charge is -2.16. The van der Waals surface area contributed by atoms with Crippen LogP contribution in [0.5, 0.6) is 0 Å². The molecular formula is C19H24N2O. The van der Waals surface area contributed by atoms with E-state index in [4.69, 9.17) is 0 Å². The predicted octanol–water partition coefficient (Wildman–Crippen LogP) is 4.30. The molecule has 2 aromatic carbocycles. The van der Waals surface area contributed by atoms with Crippen molar-refractivity contribution in [2.24, 2.45) is 0 Å². The highest BCUT2D eigenvalue weighted by atomic mass is 16.2. The molecule has 0 aromatic heterocycles. The molecule has 116 valence electrons. The maximum atomic E-state index is 12.2. The molecule has 2 aromatic rings. The number of hydrogen-bond acceptors (Lipinski definition) is 2. The molecule has 0 spiro atoms. The van der Waals surface area contributed by atoms with Crippen molar-refractivity contribution in [2.45, 2.75) is 40.2 Å². The Bertz CT molecular complexity index is 647. The summed E-state index contributed by atoms with van der Waals surface area (Å²) in [5, 5.41) is 6.18. The summed E-state index contributed by atoms with van der Waals surface area (Å²) in [6.07, 6.45) is 0.999. The van der Waals surface area contributed by atoms with Crippen LogP contribution >= 0.6 is 0 Å². The number of anilines is 2. The van der Waals surface area contributed by atoms with Gasteiger partial charge in [0.1, 0.15) is 6.04 Å². The quantitative estimate of drug-likeness (QED) is 0.863. The van der Waals surface area contributed by atoms with Crippen LogP contribution in [-0.4, -0.2) is 11.9 Å².